The molecule has 6 nitrogen and oxygen atoms in total. The Labute approximate surface area is 138 Å². The SMILES string of the molecule is CC1=NS(=O)(=O)NC(C)=C1CC(=O)N1CCC[C@H]2CCCC[C@H]21. The summed E-state index contributed by atoms with van der Waals surface area (Å²) in [5.41, 5.74) is 1.65. The maximum Gasteiger partial charge on any atom is 0.342 e. The first-order chi connectivity index (χ1) is 10.9. The Bertz CT molecular complexity index is 664. The van der Waals surface area contributed by atoms with Gasteiger partial charge in [0.25, 0.3) is 0 Å². The molecule has 1 N–H and O–H groups in total. The minimum Gasteiger partial charge on any atom is -0.339 e. The van der Waals surface area contributed by atoms with Crippen LogP contribution in [0.4, 0.5) is 0 Å². The molecule has 0 aromatic carbocycles. The summed E-state index contributed by atoms with van der Waals surface area (Å²) in [7, 11) is -3.64. The average Bonchev–Trinajstić information content (AvgIpc) is 2.49. The van der Waals surface area contributed by atoms with Gasteiger partial charge in [0.15, 0.2) is 0 Å². The van der Waals surface area contributed by atoms with Crippen molar-refractivity contribution in [3.05, 3.63) is 11.3 Å². The first kappa shape index (κ1) is 16.5. The highest BCUT2D eigenvalue weighted by Gasteiger charge is 2.36. The van der Waals surface area contributed by atoms with Crippen LogP contribution < -0.4 is 4.72 Å². The molecule has 2 atom stereocenters. The monoisotopic (exact) mass is 339 g/mol. The van der Waals surface area contributed by atoms with Crippen LogP contribution >= 0.6 is 0 Å². The number of likely N-dealkylation sites (tertiary alicyclic amines) is 1. The summed E-state index contributed by atoms with van der Waals surface area (Å²) in [5, 5.41) is 0. The quantitative estimate of drug-likeness (QED) is 0.837. The van der Waals surface area contributed by atoms with Crippen molar-refractivity contribution in [3.63, 3.8) is 0 Å². The van der Waals surface area contributed by atoms with Gasteiger partial charge in [0.1, 0.15) is 0 Å². The van der Waals surface area contributed by atoms with E-state index >= 15 is 0 Å². The molecule has 0 spiro atoms. The Morgan fingerprint density at radius 1 is 1.22 bits per heavy atom. The van der Waals surface area contributed by atoms with Gasteiger partial charge in [0.2, 0.25) is 5.91 Å². The van der Waals surface area contributed by atoms with E-state index < -0.39 is 10.2 Å². The molecule has 0 bridgehead atoms. The number of allylic oxidation sites excluding steroid dienone is 1. The van der Waals surface area contributed by atoms with E-state index in [0.29, 0.717) is 28.9 Å². The Kier molecular flexibility index (Phi) is 4.49. The third-order valence-corrected chi connectivity index (χ3v) is 6.40. The molecule has 0 aromatic rings. The summed E-state index contributed by atoms with van der Waals surface area (Å²) in [6.07, 6.45) is 7.35. The van der Waals surface area contributed by atoms with Gasteiger partial charge in [-0.3, -0.25) is 9.52 Å². The molecule has 2 aliphatic heterocycles. The van der Waals surface area contributed by atoms with Gasteiger partial charge in [-0.25, -0.2) is 0 Å². The number of piperidine rings is 1. The highest BCUT2D eigenvalue weighted by molar-refractivity contribution is 7.88. The number of carbonyl (C=O) groups is 1. The molecule has 1 saturated carbocycles. The highest BCUT2D eigenvalue weighted by atomic mass is 32.2. The summed E-state index contributed by atoms with van der Waals surface area (Å²) >= 11 is 0. The Hall–Kier alpha value is -1.37. The predicted molar refractivity (Wildman–Crippen MR) is 89.2 cm³/mol. The second-order valence-electron chi connectivity index (χ2n) is 6.88. The van der Waals surface area contributed by atoms with Gasteiger partial charge >= 0.3 is 10.2 Å². The average molecular weight is 339 g/mol. The number of rotatable bonds is 2. The van der Waals surface area contributed by atoms with Crippen molar-refractivity contribution in [2.75, 3.05) is 6.54 Å². The molecule has 1 saturated heterocycles. The van der Waals surface area contributed by atoms with Crippen LogP contribution in [0.25, 0.3) is 0 Å². The Morgan fingerprint density at radius 3 is 2.65 bits per heavy atom. The van der Waals surface area contributed by atoms with Crippen LogP contribution in [0.2, 0.25) is 0 Å². The molecular weight excluding hydrogens is 314 g/mol. The first-order valence-electron chi connectivity index (χ1n) is 8.46. The molecular formula is C16H25N3O3S. The molecule has 0 radical (unpaired) electrons. The smallest absolute Gasteiger partial charge is 0.339 e. The van der Waals surface area contributed by atoms with Crippen molar-refractivity contribution < 1.29 is 13.2 Å². The van der Waals surface area contributed by atoms with E-state index in [9.17, 15) is 13.2 Å². The molecule has 128 valence electrons. The van der Waals surface area contributed by atoms with E-state index in [4.69, 9.17) is 0 Å². The van der Waals surface area contributed by atoms with E-state index in [1.54, 1.807) is 13.8 Å². The van der Waals surface area contributed by atoms with Crippen molar-refractivity contribution in [1.82, 2.24) is 9.62 Å². The number of fused-ring (bicyclic) bond motifs is 1. The summed E-state index contributed by atoms with van der Waals surface area (Å²) in [5.74, 6) is 0.753. The lowest BCUT2D eigenvalue weighted by atomic mass is 9.78. The molecule has 2 fully saturated rings. The van der Waals surface area contributed by atoms with Gasteiger partial charge in [-0.1, -0.05) is 12.8 Å². The van der Waals surface area contributed by atoms with Crippen LogP contribution in [0.5, 0.6) is 0 Å². The van der Waals surface area contributed by atoms with Crippen molar-refractivity contribution in [1.29, 1.82) is 0 Å². The lowest BCUT2D eigenvalue weighted by Gasteiger charge is -2.44. The third kappa shape index (κ3) is 3.44. The van der Waals surface area contributed by atoms with Crippen LogP contribution in [0.15, 0.2) is 15.7 Å². The van der Waals surface area contributed by atoms with Crippen molar-refractivity contribution in [2.24, 2.45) is 10.3 Å². The van der Waals surface area contributed by atoms with Crippen molar-refractivity contribution in [2.45, 2.75) is 64.8 Å². The van der Waals surface area contributed by atoms with E-state index in [0.717, 1.165) is 19.4 Å². The maximum absolute atomic E-state index is 12.8. The molecule has 1 aliphatic carbocycles. The summed E-state index contributed by atoms with van der Waals surface area (Å²) in [6, 6.07) is 0.378. The van der Waals surface area contributed by atoms with Gasteiger partial charge in [0.05, 0.1) is 12.1 Å². The molecule has 2 heterocycles. The summed E-state index contributed by atoms with van der Waals surface area (Å²) in [4.78, 5) is 14.9. The second-order valence-corrected chi connectivity index (χ2v) is 8.21. The second kappa shape index (κ2) is 6.26. The van der Waals surface area contributed by atoms with Gasteiger partial charge in [-0.05, 0) is 45.4 Å². The van der Waals surface area contributed by atoms with Crippen molar-refractivity contribution in [3.8, 4) is 0 Å². The van der Waals surface area contributed by atoms with Crippen LogP contribution in [-0.4, -0.2) is 37.5 Å². The van der Waals surface area contributed by atoms with Gasteiger partial charge in [0, 0.05) is 23.9 Å². The number of nitrogens with one attached hydrogen (secondary N) is 1. The molecule has 7 heteroatoms. The first-order valence-corrected chi connectivity index (χ1v) is 9.90. The van der Waals surface area contributed by atoms with Crippen molar-refractivity contribution >= 4 is 21.8 Å². The predicted octanol–water partition coefficient (Wildman–Crippen LogP) is 2.14. The minimum atomic E-state index is -3.64. The van der Waals surface area contributed by atoms with E-state index in [1.165, 1.54) is 25.7 Å². The fourth-order valence-corrected chi connectivity index (χ4v) is 5.26. The zero-order valence-corrected chi connectivity index (χ0v) is 14.7. The Balaban J connectivity index is 1.75. The van der Waals surface area contributed by atoms with E-state index in [2.05, 4.69) is 9.12 Å². The number of carbonyl (C=O) groups excluding carboxylic acids is 1. The molecule has 0 aromatic heterocycles. The largest absolute Gasteiger partial charge is 0.342 e. The number of amides is 1. The number of hydrogen-bond acceptors (Lipinski definition) is 3. The van der Waals surface area contributed by atoms with E-state index in [-0.39, 0.29) is 12.3 Å². The van der Waals surface area contributed by atoms with Crippen LogP contribution in [-0.2, 0) is 15.0 Å². The standard InChI is InChI=1S/C16H25N3O3S/c1-11-14(12(2)18-23(21,22)17-11)10-16(20)19-9-5-7-13-6-3-4-8-15(13)19/h13,15,17H,3-10H2,1-2H3/t13-,15-/m1/s1. The third-order valence-electron chi connectivity index (χ3n) is 5.32. The maximum atomic E-state index is 12.8. The normalized spacial score (nSPS) is 30.3. The zero-order valence-electron chi connectivity index (χ0n) is 13.8. The van der Waals surface area contributed by atoms with Crippen LogP contribution in [0, 0.1) is 5.92 Å². The number of nitrogens with zero attached hydrogens (tertiary/aromatic N) is 2. The van der Waals surface area contributed by atoms with Crippen LogP contribution in [0.3, 0.4) is 0 Å². The molecule has 3 rings (SSSR count). The fraction of sp³-hybridized carbons (Fsp3) is 0.750. The summed E-state index contributed by atoms with van der Waals surface area (Å²) < 4.78 is 29.2. The molecule has 3 aliphatic rings. The molecule has 0 unspecified atom stereocenters. The number of hydrogen-bond donors (Lipinski definition) is 1. The lowest BCUT2D eigenvalue weighted by Crippen LogP contribution is -2.50. The Morgan fingerprint density at radius 2 is 1.91 bits per heavy atom. The van der Waals surface area contributed by atoms with Gasteiger partial charge in [-0.2, -0.15) is 8.42 Å². The molecule has 1 amide bonds. The fourth-order valence-electron chi connectivity index (χ4n) is 4.23. The topological polar surface area (TPSA) is 78.8 Å². The highest BCUT2D eigenvalue weighted by Crippen LogP contribution is 2.36. The molecule has 23 heavy (non-hydrogen) atoms. The minimum absolute atomic E-state index is 0.103. The van der Waals surface area contributed by atoms with E-state index in [1.807, 2.05) is 4.90 Å². The van der Waals surface area contributed by atoms with Crippen LogP contribution in [0.1, 0.15) is 58.8 Å². The zero-order chi connectivity index (χ0) is 16.6. The lowest BCUT2D eigenvalue weighted by molar-refractivity contribution is -0.136. The van der Waals surface area contributed by atoms with Gasteiger partial charge in [-0.15, -0.1) is 4.40 Å². The van der Waals surface area contributed by atoms with Gasteiger partial charge < -0.3 is 4.90 Å². The summed E-state index contributed by atoms with van der Waals surface area (Å²) in [6.45, 7) is 4.18.